The van der Waals surface area contributed by atoms with E-state index < -0.39 is 17.6 Å². The normalized spacial score (nSPS) is 27.1. The Kier molecular flexibility index (Phi) is 6.82. The fourth-order valence-electron chi connectivity index (χ4n) is 7.54. The molecule has 43 heavy (non-hydrogen) atoms. The molecule has 2 atom stereocenters. The summed E-state index contributed by atoms with van der Waals surface area (Å²) in [6.07, 6.45) is 1.00. The molecule has 224 valence electrons. The molecule has 2 saturated heterocycles. The molecule has 0 N–H and O–H groups in total. The van der Waals surface area contributed by atoms with Gasteiger partial charge in [-0.15, -0.1) is 10.2 Å². The standard InChI is InChI=1S/C32H33F3N6O2/c1-39-19-37-38-29(39)13-31(11-22(12-31)14-36)23-3-2-4-24(10-23)41-17-27-26(30(41)42)8-20(9-28(27)32(33,34)35)15-40-6-5-25-7-21(16-40)18-43-25/h2-4,8-10,19,21-22,25H,5-7,11-13,15-18H2,1H3/t21?,22-,25?,31-. The van der Waals surface area contributed by atoms with Gasteiger partial charge in [-0.3, -0.25) is 9.69 Å². The molecule has 7 rings (SSSR count). The van der Waals surface area contributed by atoms with Crippen molar-refractivity contribution in [1.29, 1.82) is 5.26 Å². The highest BCUT2D eigenvalue weighted by atomic mass is 19.4. The number of nitrogens with zero attached hydrogens (tertiary/aromatic N) is 6. The maximum absolute atomic E-state index is 14.4. The number of rotatable bonds is 6. The molecule has 3 aliphatic heterocycles. The van der Waals surface area contributed by atoms with Crippen LogP contribution in [0.25, 0.3) is 0 Å². The summed E-state index contributed by atoms with van der Waals surface area (Å²) in [4.78, 5) is 17.4. The number of carbonyl (C=O) groups is 1. The smallest absolute Gasteiger partial charge is 0.378 e. The van der Waals surface area contributed by atoms with Crippen LogP contribution in [0.1, 0.15) is 64.1 Å². The highest BCUT2D eigenvalue weighted by Crippen LogP contribution is 2.50. The van der Waals surface area contributed by atoms with Gasteiger partial charge >= 0.3 is 6.18 Å². The number of alkyl halides is 3. The van der Waals surface area contributed by atoms with E-state index in [4.69, 9.17) is 4.74 Å². The van der Waals surface area contributed by atoms with E-state index in [-0.39, 0.29) is 35.1 Å². The van der Waals surface area contributed by atoms with Crippen molar-refractivity contribution in [3.05, 3.63) is 76.4 Å². The molecule has 11 heteroatoms. The van der Waals surface area contributed by atoms with Gasteiger partial charge in [-0.25, -0.2) is 0 Å². The van der Waals surface area contributed by atoms with Crippen LogP contribution in [0.5, 0.6) is 0 Å². The van der Waals surface area contributed by atoms with E-state index in [2.05, 4.69) is 21.2 Å². The van der Waals surface area contributed by atoms with Gasteiger partial charge in [0.2, 0.25) is 0 Å². The first-order valence-corrected chi connectivity index (χ1v) is 14.8. The topological polar surface area (TPSA) is 87.3 Å². The molecule has 2 unspecified atom stereocenters. The van der Waals surface area contributed by atoms with Crippen molar-refractivity contribution in [3.8, 4) is 6.07 Å². The van der Waals surface area contributed by atoms with Gasteiger partial charge in [0, 0.05) is 55.7 Å². The molecular weight excluding hydrogens is 557 g/mol. The van der Waals surface area contributed by atoms with Gasteiger partial charge in [-0.1, -0.05) is 12.1 Å². The van der Waals surface area contributed by atoms with E-state index in [0.717, 1.165) is 37.3 Å². The van der Waals surface area contributed by atoms with Gasteiger partial charge < -0.3 is 14.2 Å². The van der Waals surface area contributed by atoms with Crippen molar-refractivity contribution in [2.75, 3.05) is 24.6 Å². The minimum absolute atomic E-state index is 0.0250. The molecule has 1 aliphatic carbocycles. The molecule has 1 amide bonds. The van der Waals surface area contributed by atoms with Crippen molar-refractivity contribution in [2.24, 2.45) is 18.9 Å². The first-order chi connectivity index (χ1) is 20.6. The zero-order chi connectivity index (χ0) is 29.9. The van der Waals surface area contributed by atoms with Crippen LogP contribution < -0.4 is 4.90 Å². The predicted molar refractivity (Wildman–Crippen MR) is 151 cm³/mol. The number of carbonyl (C=O) groups excluding carboxylic acids is 1. The quantitative estimate of drug-likeness (QED) is 0.401. The van der Waals surface area contributed by atoms with Crippen molar-refractivity contribution in [3.63, 3.8) is 0 Å². The van der Waals surface area contributed by atoms with Crippen molar-refractivity contribution >= 4 is 11.6 Å². The lowest BCUT2D eigenvalue weighted by Crippen LogP contribution is -2.43. The van der Waals surface area contributed by atoms with Crippen LogP contribution in [0.3, 0.4) is 0 Å². The average Bonchev–Trinajstić information content (AvgIpc) is 3.62. The third-order valence-electron chi connectivity index (χ3n) is 9.79. The lowest BCUT2D eigenvalue weighted by atomic mass is 9.57. The van der Waals surface area contributed by atoms with Crippen LogP contribution in [0.2, 0.25) is 0 Å². The van der Waals surface area contributed by atoms with E-state index >= 15 is 0 Å². The Morgan fingerprint density at radius 1 is 1.21 bits per heavy atom. The van der Waals surface area contributed by atoms with Crippen LogP contribution in [0.15, 0.2) is 42.7 Å². The predicted octanol–water partition coefficient (Wildman–Crippen LogP) is 5.02. The molecule has 3 aromatic rings. The molecule has 8 nitrogen and oxygen atoms in total. The lowest BCUT2D eigenvalue weighted by Gasteiger charge is -2.45. The number of amides is 1. The fraction of sp³-hybridized carbons (Fsp3) is 0.500. The molecule has 2 aromatic carbocycles. The number of likely N-dealkylation sites (tertiary alicyclic amines) is 1. The van der Waals surface area contributed by atoms with Gasteiger partial charge in [-0.2, -0.15) is 18.4 Å². The van der Waals surface area contributed by atoms with Gasteiger partial charge in [-0.05, 0) is 72.6 Å². The molecule has 2 bridgehead atoms. The number of hydrogen-bond acceptors (Lipinski definition) is 6. The lowest BCUT2D eigenvalue weighted by molar-refractivity contribution is -0.138. The number of halogens is 3. The molecule has 4 heterocycles. The summed E-state index contributed by atoms with van der Waals surface area (Å²) in [5.41, 5.74) is 1.05. The summed E-state index contributed by atoms with van der Waals surface area (Å²) in [5, 5.41) is 17.8. The number of ether oxygens (including phenoxy) is 1. The molecule has 0 spiro atoms. The highest BCUT2D eigenvalue weighted by Gasteiger charge is 2.47. The Morgan fingerprint density at radius 2 is 2.05 bits per heavy atom. The third kappa shape index (κ3) is 5.10. The summed E-state index contributed by atoms with van der Waals surface area (Å²) >= 11 is 0. The number of aromatic nitrogens is 3. The summed E-state index contributed by atoms with van der Waals surface area (Å²) in [6, 6.07) is 12.7. The average molecular weight is 591 g/mol. The van der Waals surface area contributed by atoms with Gasteiger partial charge in [0.1, 0.15) is 12.2 Å². The Hall–Kier alpha value is -3.75. The Balaban J connectivity index is 1.18. The maximum atomic E-state index is 14.4. The van der Waals surface area contributed by atoms with Gasteiger partial charge in [0.05, 0.1) is 30.9 Å². The second-order valence-electron chi connectivity index (χ2n) is 12.7. The molecule has 1 saturated carbocycles. The fourth-order valence-corrected chi connectivity index (χ4v) is 7.54. The van der Waals surface area contributed by atoms with E-state index in [9.17, 15) is 23.2 Å². The maximum Gasteiger partial charge on any atom is 0.416 e. The molecule has 3 fully saturated rings. The van der Waals surface area contributed by atoms with Gasteiger partial charge in [0.15, 0.2) is 0 Å². The molecule has 4 aliphatic rings. The monoisotopic (exact) mass is 590 g/mol. The molecule has 0 radical (unpaired) electrons. The van der Waals surface area contributed by atoms with Crippen molar-refractivity contribution in [1.82, 2.24) is 19.7 Å². The molecular formula is C32H33F3N6O2. The minimum atomic E-state index is -4.58. The number of benzene rings is 2. The molecule has 1 aromatic heterocycles. The first kappa shape index (κ1) is 28.0. The first-order valence-electron chi connectivity index (χ1n) is 14.8. The zero-order valence-corrected chi connectivity index (χ0v) is 24.0. The van der Waals surface area contributed by atoms with E-state index in [1.165, 1.54) is 11.0 Å². The number of aryl methyl sites for hydroxylation is 1. The van der Waals surface area contributed by atoms with Crippen LogP contribution >= 0.6 is 0 Å². The van der Waals surface area contributed by atoms with E-state index in [1.54, 1.807) is 18.5 Å². The van der Waals surface area contributed by atoms with Crippen LogP contribution in [0, 0.1) is 23.2 Å². The van der Waals surface area contributed by atoms with E-state index in [1.807, 2.05) is 29.8 Å². The van der Waals surface area contributed by atoms with Crippen molar-refractivity contribution in [2.45, 2.75) is 62.9 Å². The summed E-state index contributed by atoms with van der Waals surface area (Å²) in [6.45, 7) is 2.46. The van der Waals surface area contributed by atoms with E-state index in [0.29, 0.717) is 49.6 Å². The SMILES string of the molecule is Cn1cnnc1C[C@]1(c2cccc(N3Cc4c(cc(CN5CCC6CC(CO6)C5)cc4C(F)(F)F)C3=O)c2)C[C@H](C#N)C1. The largest absolute Gasteiger partial charge is 0.416 e. The summed E-state index contributed by atoms with van der Waals surface area (Å²) < 4.78 is 50.8. The Morgan fingerprint density at radius 3 is 2.79 bits per heavy atom. The van der Waals surface area contributed by atoms with Crippen molar-refractivity contribution < 1.29 is 22.7 Å². The minimum Gasteiger partial charge on any atom is -0.378 e. The van der Waals surface area contributed by atoms with Crippen LogP contribution in [-0.2, 0) is 42.9 Å². The Bertz CT molecular complexity index is 1600. The van der Waals surface area contributed by atoms with Crippen LogP contribution in [0.4, 0.5) is 18.9 Å². The summed E-state index contributed by atoms with van der Waals surface area (Å²) in [7, 11) is 1.87. The van der Waals surface area contributed by atoms with Gasteiger partial charge in [0.25, 0.3) is 5.91 Å². The third-order valence-corrected chi connectivity index (χ3v) is 9.79. The summed E-state index contributed by atoms with van der Waals surface area (Å²) in [5.74, 6) is 0.672. The second kappa shape index (κ2) is 10.5. The number of hydrogen-bond donors (Lipinski definition) is 0. The number of anilines is 1. The highest BCUT2D eigenvalue weighted by molar-refractivity contribution is 6.10. The number of fused-ring (bicyclic) bond motifs is 3. The number of nitriles is 1. The second-order valence-corrected chi connectivity index (χ2v) is 12.7. The zero-order valence-electron chi connectivity index (χ0n) is 24.0. The van der Waals surface area contributed by atoms with Crippen LogP contribution in [-0.4, -0.2) is 51.4 Å². The Labute approximate surface area is 248 Å².